The molecule has 16 rings (SSSR count). The molecule has 0 radical (unpaired) electrons. The number of hydrogen-bond acceptors (Lipinski definition) is 7. The number of aryl methyl sites for hydroxylation is 5. The predicted molar refractivity (Wildman–Crippen MR) is 468 cm³/mol. The number of hydrogen-bond donors (Lipinski definition) is 0. The van der Waals surface area contributed by atoms with Gasteiger partial charge in [-0.1, -0.05) is 236 Å². The van der Waals surface area contributed by atoms with Gasteiger partial charge in [0.25, 0.3) is 0 Å². The third-order valence-electron chi connectivity index (χ3n) is 20.6. The van der Waals surface area contributed by atoms with Crippen molar-refractivity contribution in [3.05, 3.63) is 416 Å². The second-order valence-electron chi connectivity index (χ2n) is 27.9. The number of anilines is 12. The summed E-state index contributed by atoms with van der Waals surface area (Å²) in [7, 11) is 5.13. The number of para-hydroxylation sites is 2. The van der Waals surface area contributed by atoms with E-state index in [1.165, 1.54) is 61.3 Å². The molecule has 0 aliphatic heterocycles. The molecule has 0 heterocycles. The van der Waals surface area contributed by atoms with Crippen LogP contribution >= 0.6 is 0 Å². The van der Waals surface area contributed by atoms with E-state index in [1.54, 1.807) is 21.3 Å². The van der Waals surface area contributed by atoms with Crippen molar-refractivity contribution < 1.29 is 14.2 Å². The van der Waals surface area contributed by atoms with Crippen LogP contribution in [-0.4, -0.2) is 21.3 Å². The highest BCUT2D eigenvalue weighted by Gasteiger charge is 2.21. The summed E-state index contributed by atoms with van der Waals surface area (Å²) < 4.78 is 16.6. The minimum absolute atomic E-state index is 0.843. The lowest BCUT2D eigenvalue weighted by atomic mass is 9.99. The van der Waals surface area contributed by atoms with E-state index in [0.29, 0.717) is 0 Å². The molecule has 0 spiro atoms. The number of methoxy groups -OCH3 is 3. The Labute approximate surface area is 654 Å². The van der Waals surface area contributed by atoms with E-state index in [0.717, 1.165) is 119 Å². The highest BCUT2D eigenvalue weighted by Crippen LogP contribution is 2.45. The van der Waals surface area contributed by atoms with Gasteiger partial charge in [0.1, 0.15) is 17.2 Å². The molecule has 7 nitrogen and oxygen atoms in total. The van der Waals surface area contributed by atoms with Crippen molar-refractivity contribution in [1.82, 2.24) is 0 Å². The van der Waals surface area contributed by atoms with Gasteiger partial charge in [0.15, 0.2) is 0 Å². The maximum atomic E-state index is 5.56. The van der Waals surface area contributed by atoms with Crippen molar-refractivity contribution in [3.63, 3.8) is 0 Å². The number of nitrogens with zero attached hydrogens (tertiary/aromatic N) is 4. The number of rotatable bonds is 21. The smallest absolute Gasteiger partial charge is 0.119 e. The molecule has 0 saturated heterocycles. The van der Waals surface area contributed by atoms with Crippen LogP contribution in [0.3, 0.4) is 0 Å². The van der Waals surface area contributed by atoms with E-state index in [9.17, 15) is 0 Å². The van der Waals surface area contributed by atoms with Gasteiger partial charge in [-0.3, -0.25) is 0 Å². The standard InChI is InChI=1S/C58H48N2O2.C46H40N2O/c1-41-39-55(61-3)35-37-57(41)59(51-27-19-47(20-28-51)43-11-7-5-8-12-43)53-31-23-49(24-32-53)45-15-17-46(18-16-45)50-25-33-54(34-26-50)60(58-38-36-56(62-4)40-42(58)2)52-29-21-48(22-30-52)44-13-9-6-10-14-44;1-33-15-29-45(34(2)31-33)47(40-11-7-5-8-12-40)42-24-20-38(21-25-42)36-16-18-37(19-17-36)39-22-26-43(27-23-39)48(41-13-9-6-10-14-41)46-30-28-44(49-4)32-35(46)3/h5-40H,1-4H3;5-32H,1-4H3. The summed E-state index contributed by atoms with van der Waals surface area (Å²) in [4.78, 5) is 9.26. The van der Waals surface area contributed by atoms with Crippen molar-refractivity contribution in [2.45, 2.75) is 34.6 Å². The molecular weight excluding hydrogens is 1350 g/mol. The molecular formula is C104H88N4O3. The molecule has 16 aromatic rings. The molecule has 0 saturated carbocycles. The van der Waals surface area contributed by atoms with Gasteiger partial charge in [-0.15, -0.1) is 0 Å². The predicted octanol–water partition coefficient (Wildman–Crippen LogP) is 28.8. The van der Waals surface area contributed by atoms with Crippen molar-refractivity contribution in [2.24, 2.45) is 0 Å². The van der Waals surface area contributed by atoms with Crippen LogP contribution in [0.1, 0.15) is 27.8 Å². The zero-order chi connectivity index (χ0) is 76.2. The number of ether oxygens (including phenoxy) is 3. The molecule has 0 aromatic heterocycles. The van der Waals surface area contributed by atoms with E-state index in [1.807, 2.05) is 18.2 Å². The molecule has 542 valence electrons. The minimum Gasteiger partial charge on any atom is -0.497 e. The fourth-order valence-electron chi connectivity index (χ4n) is 14.7. The van der Waals surface area contributed by atoms with E-state index in [-0.39, 0.29) is 0 Å². The van der Waals surface area contributed by atoms with E-state index < -0.39 is 0 Å². The van der Waals surface area contributed by atoms with Gasteiger partial charge in [-0.05, 0) is 281 Å². The minimum atomic E-state index is 0.843. The summed E-state index contributed by atoms with van der Waals surface area (Å²) in [6.07, 6.45) is 0. The Morgan fingerprint density at radius 2 is 0.333 bits per heavy atom. The molecule has 0 atom stereocenters. The molecule has 0 bridgehead atoms. The van der Waals surface area contributed by atoms with E-state index in [2.05, 4.69) is 424 Å². The van der Waals surface area contributed by atoms with Gasteiger partial charge < -0.3 is 33.8 Å². The van der Waals surface area contributed by atoms with Crippen LogP contribution in [0.5, 0.6) is 17.2 Å². The Hall–Kier alpha value is -13.9. The molecule has 111 heavy (non-hydrogen) atoms. The van der Waals surface area contributed by atoms with Crippen LogP contribution < -0.4 is 33.8 Å². The Bertz CT molecular complexity index is 5560. The normalized spacial score (nSPS) is 10.9. The Morgan fingerprint density at radius 3 is 0.532 bits per heavy atom. The van der Waals surface area contributed by atoms with Gasteiger partial charge >= 0.3 is 0 Å². The third-order valence-corrected chi connectivity index (χ3v) is 20.6. The van der Waals surface area contributed by atoms with Crippen LogP contribution in [0.2, 0.25) is 0 Å². The number of benzene rings is 16. The van der Waals surface area contributed by atoms with Crippen LogP contribution in [0.25, 0.3) is 66.8 Å². The van der Waals surface area contributed by atoms with Crippen molar-refractivity contribution in [3.8, 4) is 84.0 Å². The highest BCUT2D eigenvalue weighted by molar-refractivity contribution is 5.87. The van der Waals surface area contributed by atoms with Crippen LogP contribution in [0.15, 0.2) is 388 Å². The molecule has 16 aromatic carbocycles. The topological polar surface area (TPSA) is 40.7 Å². The van der Waals surface area contributed by atoms with Crippen LogP contribution in [0.4, 0.5) is 68.2 Å². The molecule has 0 unspecified atom stereocenters. The van der Waals surface area contributed by atoms with E-state index >= 15 is 0 Å². The maximum absolute atomic E-state index is 5.56. The Balaban J connectivity index is 0.000000181. The first-order valence-corrected chi connectivity index (χ1v) is 37.7. The first-order valence-electron chi connectivity index (χ1n) is 37.7. The largest absolute Gasteiger partial charge is 0.497 e. The van der Waals surface area contributed by atoms with Gasteiger partial charge in [0.05, 0.1) is 21.3 Å². The molecule has 0 aliphatic rings. The lowest BCUT2D eigenvalue weighted by Crippen LogP contribution is -2.11. The Morgan fingerprint density at radius 1 is 0.162 bits per heavy atom. The van der Waals surface area contributed by atoms with Gasteiger partial charge in [0.2, 0.25) is 0 Å². The highest BCUT2D eigenvalue weighted by atomic mass is 16.5. The molecule has 0 N–H and O–H groups in total. The average molecular weight is 1440 g/mol. The monoisotopic (exact) mass is 1440 g/mol. The lowest BCUT2D eigenvalue weighted by molar-refractivity contribution is 0.414. The SMILES string of the molecule is COc1ccc(N(c2ccc(-c3ccccc3)cc2)c2ccc(-c3ccc(-c4ccc(N(c5ccc(-c6ccccc6)cc5)c5ccc(OC)cc5C)cc4)cc3)cc2)c(C)c1.COc1ccc(N(c2ccccc2)c2ccc(-c3ccc(-c4ccc(N(c5ccccc5)c5ccc(C)cc5C)cc4)cc3)cc2)c(C)c1. The fraction of sp³-hybridized carbons (Fsp3) is 0.0769. The van der Waals surface area contributed by atoms with Gasteiger partial charge in [0, 0.05) is 68.2 Å². The molecule has 0 fully saturated rings. The maximum Gasteiger partial charge on any atom is 0.119 e. The van der Waals surface area contributed by atoms with Crippen LogP contribution in [-0.2, 0) is 0 Å². The summed E-state index contributed by atoms with van der Waals surface area (Å²) in [5.41, 5.74) is 33.4. The summed E-state index contributed by atoms with van der Waals surface area (Å²) >= 11 is 0. The molecule has 7 heteroatoms. The average Bonchev–Trinajstić information content (AvgIpc) is 0.845. The summed E-state index contributed by atoms with van der Waals surface area (Å²) in [6, 6.07) is 138. The zero-order valence-corrected chi connectivity index (χ0v) is 64.0. The van der Waals surface area contributed by atoms with Crippen molar-refractivity contribution in [2.75, 3.05) is 40.9 Å². The summed E-state index contributed by atoms with van der Waals surface area (Å²) in [6.45, 7) is 10.7. The second-order valence-corrected chi connectivity index (χ2v) is 27.9. The molecule has 0 amide bonds. The zero-order valence-electron chi connectivity index (χ0n) is 64.0. The molecule has 0 aliphatic carbocycles. The summed E-state index contributed by atoms with van der Waals surface area (Å²) in [5.74, 6) is 2.54. The Kier molecular flexibility index (Phi) is 21.9. The first-order chi connectivity index (χ1) is 54.4. The van der Waals surface area contributed by atoms with Gasteiger partial charge in [-0.25, -0.2) is 0 Å². The van der Waals surface area contributed by atoms with Crippen molar-refractivity contribution in [1.29, 1.82) is 0 Å². The quantitative estimate of drug-likeness (QED) is 0.0710. The van der Waals surface area contributed by atoms with Crippen LogP contribution in [0, 0.1) is 34.6 Å². The third kappa shape index (κ3) is 16.4. The fourth-order valence-corrected chi connectivity index (χ4v) is 14.7. The second kappa shape index (κ2) is 33.5. The summed E-state index contributed by atoms with van der Waals surface area (Å²) in [5, 5.41) is 0. The van der Waals surface area contributed by atoms with Crippen molar-refractivity contribution >= 4 is 68.2 Å². The van der Waals surface area contributed by atoms with Gasteiger partial charge in [-0.2, -0.15) is 0 Å². The first kappa shape index (κ1) is 72.7. The lowest BCUT2D eigenvalue weighted by Gasteiger charge is -2.28. The van der Waals surface area contributed by atoms with E-state index in [4.69, 9.17) is 14.2 Å².